The van der Waals surface area contributed by atoms with Crippen LogP contribution in [0.1, 0.15) is 37.4 Å². The van der Waals surface area contributed by atoms with Gasteiger partial charge in [0, 0.05) is 18.7 Å². The van der Waals surface area contributed by atoms with Crippen molar-refractivity contribution in [1.82, 2.24) is 0 Å². The highest BCUT2D eigenvalue weighted by Gasteiger charge is 2.27. The van der Waals surface area contributed by atoms with Crippen molar-refractivity contribution in [3.8, 4) is 23.0 Å². The van der Waals surface area contributed by atoms with Crippen LogP contribution < -0.4 is 14.2 Å². The summed E-state index contributed by atoms with van der Waals surface area (Å²) >= 11 is 6.34. The number of aromatic hydroxyl groups is 1. The van der Waals surface area contributed by atoms with Crippen molar-refractivity contribution < 1.29 is 38.4 Å². The summed E-state index contributed by atoms with van der Waals surface area (Å²) in [6, 6.07) is 3.16. The lowest BCUT2D eigenvalue weighted by Gasteiger charge is -2.18. The molecule has 30 heavy (non-hydrogen) atoms. The Morgan fingerprint density at radius 2 is 1.67 bits per heavy atom. The second-order valence-corrected chi connectivity index (χ2v) is 6.74. The van der Waals surface area contributed by atoms with Crippen LogP contribution in [0.2, 0.25) is 5.02 Å². The van der Waals surface area contributed by atoms with Crippen LogP contribution in [0.25, 0.3) is 0 Å². The van der Waals surface area contributed by atoms with E-state index in [1.807, 2.05) is 0 Å². The van der Waals surface area contributed by atoms with Gasteiger partial charge in [0.15, 0.2) is 12.5 Å². The molecular weight excluding hydrogens is 416 g/mol. The molecule has 0 spiro atoms. The summed E-state index contributed by atoms with van der Waals surface area (Å²) in [5.41, 5.74) is 0.948. The third kappa shape index (κ3) is 4.44. The summed E-state index contributed by atoms with van der Waals surface area (Å²) in [4.78, 5) is 24.9. The Labute approximate surface area is 179 Å². The van der Waals surface area contributed by atoms with Crippen molar-refractivity contribution in [1.29, 1.82) is 0 Å². The van der Waals surface area contributed by atoms with Crippen molar-refractivity contribution in [3.63, 3.8) is 0 Å². The number of methoxy groups -OCH3 is 3. The van der Waals surface area contributed by atoms with Crippen LogP contribution >= 0.6 is 11.6 Å². The number of phenolic OH excluding ortho intramolecular Hbond substituents is 1. The van der Waals surface area contributed by atoms with Crippen molar-refractivity contribution in [2.75, 3.05) is 28.1 Å². The summed E-state index contributed by atoms with van der Waals surface area (Å²) in [6.07, 6.45) is 0. The van der Waals surface area contributed by atoms with E-state index >= 15 is 0 Å². The predicted molar refractivity (Wildman–Crippen MR) is 109 cm³/mol. The number of carbonyl (C=O) groups is 2. The topological polar surface area (TPSA) is 101 Å². The van der Waals surface area contributed by atoms with Gasteiger partial charge in [-0.25, -0.2) is 9.59 Å². The maximum atomic E-state index is 12.9. The van der Waals surface area contributed by atoms with Crippen LogP contribution in [0.4, 0.5) is 0 Å². The molecule has 2 aromatic carbocycles. The number of aryl methyl sites for hydroxylation is 1. The van der Waals surface area contributed by atoms with E-state index in [-0.39, 0.29) is 51.3 Å². The molecule has 2 rings (SSSR count). The van der Waals surface area contributed by atoms with Crippen LogP contribution in [0, 0.1) is 20.8 Å². The molecule has 0 atom stereocenters. The highest BCUT2D eigenvalue weighted by atomic mass is 35.5. The third-order valence-corrected chi connectivity index (χ3v) is 4.92. The van der Waals surface area contributed by atoms with Gasteiger partial charge < -0.3 is 28.8 Å². The first kappa shape index (κ1) is 23.3. The molecular formula is C21H23ClO8. The van der Waals surface area contributed by atoms with E-state index in [1.165, 1.54) is 41.2 Å². The molecule has 2 aromatic rings. The highest BCUT2D eigenvalue weighted by Crippen LogP contribution is 2.42. The van der Waals surface area contributed by atoms with Gasteiger partial charge in [0.05, 0.1) is 19.2 Å². The summed E-state index contributed by atoms with van der Waals surface area (Å²) in [5, 5.41) is 10.4. The van der Waals surface area contributed by atoms with Crippen molar-refractivity contribution >= 4 is 23.5 Å². The number of esters is 2. The average molecular weight is 439 g/mol. The van der Waals surface area contributed by atoms with Crippen LogP contribution in [0.5, 0.6) is 23.0 Å². The van der Waals surface area contributed by atoms with Crippen molar-refractivity contribution in [2.45, 2.75) is 20.8 Å². The molecule has 0 bridgehead atoms. The first-order valence-electron chi connectivity index (χ1n) is 8.80. The molecule has 0 amide bonds. The second kappa shape index (κ2) is 9.69. The minimum absolute atomic E-state index is 0.00992. The smallest absolute Gasteiger partial charge is 0.347 e. The fraction of sp³-hybridized carbons (Fsp3) is 0.333. The van der Waals surface area contributed by atoms with Crippen LogP contribution in [-0.4, -0.2) is 45.2 Å². The standard InChI is InChI=1S/C21H23ClO8/c1-10-7-13(29-9-26-4)8-14(27-5)15(10)21(25)30-19-12(3)18(23)16(20(24)28-6)11(2)17(19)22/h7-8,23H,9H2,1-6H3. The van der Waals surface area contributed by atoms with Gasteiger partial charge in [-0.15, -0.1) is 0 Å². The number of benzene rings is 2. The summed E-state index contributed by atoms with van der Waals surface area (Å²) in [6.45, 7) is 4.71. The van der Waals surface area contributed by atoms with E-state index in [2.05, 4.69) is 4.74 Å². The Balaban J connectivity index is 2.49. The maximum Gasteiger partial charge on any atom is 0.347 e. The van der Waals surface area contributed by atoms with E-state index < -0.39 is 11.9 Å². The lowest BCUT2D eigenvalue weighted by molar-refractivity contribution is 0.0509. The van der Waals surface area contributed by atoms with Gasteiger partial charge in [0.25, 0.3) is 0 Å². The zero-order chi connectivity index (χ0) is 22.6. The zero-order valence-electron chi connectivity index (χ0n) is 17.5. The van der Waals surface area contributed by atoms with Gasteiger partial charge in [-0.2, -0.15) is 0 Å². The Morgan fingerprint density at radius 3 is 2.23 bits per heavy atom. The molecule has 0 aromatic heterocycles. The molecule has 0 aliphatic heterocycles. The van der Waals surface area contributed by atoms with Gasteiger partial charge in [0.1, 0.15) is 28.4 Å². The molecule has 9 heteroatoms. The Bertz CT molecular complexity index is 955. The second-order valence-electron chi connectivity index (χ2n) is 6.37. The fourth-order valence-electron chi connectivity index (χ4n) is 2.89. The number of rotatable bonds is 7. The van der Waals surface area contributed by atoms with Crippen LogP contribution in [0.15, 0.2) is 12.1 Å². The van der Waals surface area contributed by atoms with Gasteiger partial charge >= 0.3 is 11.9 Å². The molecule has 0 unspecified atom stereocenters. The van der Waals surface area contributed by atoms with Gasteiger partial charge in [0.2, 0.25) is 0 Å². The number of phenols is 1. The van der Waals surface area contributed by atoms with Gasteiger partial charge in [-0.05, 0) is 38.0 Å². The fourth-order valence-corrected chi connectivity index (χ4v) is 3.16. The highest BCUT2D eigenvalue weighted by molar-refractivity contribution is 6.33. The minimum Gasteiger partial charge on any atom is -0.507 e. The van der Waals surface area contributed by atoms with Gasteiger partial charge in [-0.1, -0.05) is 11.6 Å². The first-order chi connectivity index (χ1) is 14.2. The lowest BCUT2D eigenvalue weighted by atomic mass is 10.0. The molecule has 0 fully saturated rings. The monoisotopic (exact) mass is 438 g/mol. The average Bonchev–Trinajstić information content (AvgIpc) is 2.72. The molecule has 0 heterocycles. The largest absolute Gasteiger partial charge is 0.507 e. The summed E-state index contributed by atoms with van der Waals surface area (Å²) in [5.74, 6) is -1.27. The van der Waals surface area contributed by atoms with Crippen LogP contribution in [0.3, 0.4) is 0 Å². The van der Waals surface area contributed by atoms with Gasteiger partial charge in [-0.3, -0.25) is 0 Å². The number of carbonyl (C=O) groups excluding carboxylic acids is 2. The molecule has 0 aliphatic carbocycles. The molecule has 0 saturated carbocycles. The quantitative estimate of drug-likeness (QED) is 0.393. The molecule has 0 saturated heterocycles. The van der Waals surface area contributed by atoms with E-state index in [9.17, 15) is 14.7 Å². The normalized spacial score (nSPS) is 10.5. The molecule has 1 N–H and O–H groups in total. The Kier molecular flexibility index (Phi) is 7.53. The zero-order valence-corrected chi connectivity index (χ0v) is 18.3. The van der Waals surface area contributed by atoms with Crippen molar-refractivity contribution in [2.24, 2.45) is 0 Å². The molecule has 162 valence electrons. The summed E-state index contributed by atoms with van der Waals surface area (Å²) < 4.78 is 25.8. The first-order valence-corrected chi connectivity index (χ1v) is 9.18. The Morgan fingerprint density at radius 1 is 1.00 bits per heavy atom. The van der Waals surface area contributed by atoms with Crippen LogP contribution in [-0.2, 0) is 9.47 Å². The minimum atomic E-state index is -0.753. The summed E-state index contributed by atoms with van der Waals surface area (Å²) in [7, 11) is 4.09. The molecule has 8 nitrogen and oxygen atoms in total. The van der Waals surface area contributed by atoms with E-state index in [4.69, 9.17) is 30.5 Å². The van der Waals surface area contributed by atoms with Crippen molar-refractivity contribution in [3.05, 3.63) is 45.0 Å². The molecule has 0 aliphatic rings. The van der Waals surface area contributed by atoms with E-state index in [0.29, 0.717) is 11.3 Å². The van der Waals surface area contributed by atoms with E-state index in [0.717, 1.165) is 0 Å². The SMILES string of the molecule is COCOc1cc(C)c(C(=O)Oc2c(C)c(O)c(C(=O)OC)c(C)c2Cl)c(OC)c1. The number of halogens is 1. The van der Waals surface area contributed by atoms with E-state index in [1.54, 1.807) is 13.0 Å². The number of ether oxygens (including phenoxy) is 5. The third-order valence-electron chi connectivity index (χ3n) is 4.46. The number of hydrogen-bond donors (Lipinski definition) is 1. The predicted octanol–water partition coefficient (Wildman–Crippen LogP) is 3.97. The number of hydrogen-bond acceptors (Lipinski definition) is 8. The molecule has 0 radical (unpaired) electrons. The Hall–Kier alpha value is -2.97. The maximum absolute atomic E-state index is 12.9. The lowest BCUT2D eigenvalue weighted by Crippen LogP contribution is -2.15.